The van der Waals surface area contributed by atoms with Gasteiger partial charge >= 0.3 is 0 Å². The third-order valence-corrected chi connectivity index (χ3v) is 2.48. The Bertz CT molecular complexity index is 182. The normalized spacial score (nSPS) is 24.8. The molecule has 0 bridgehead atoms. The van der Waals surface area contributed by atoms with Gasteiger partial charge in [-0.05, 0) is 25.2 Å². The van der Waals surface area contributed by atoms with Gasteiger partial charge in [0, 0.05) is 19.7 Å². The third-order valence-electron chi connectivity index (χ3n) is 2.48. The van der Waals surface area contributed by atoms with Gasteiger partial charge in [-0.1, -0.05) is 5.16 Å². The summed E-state index contributed by atoms with van der Waals surface area (Å²) in [4.78, 5) is 1.85. The standard InChI is InChI=1S/C8H17N3O2/c9-8(10-13)11-4-1-2-7(6-11)3-5-12/h7,12-13H,1-6H2,(H2,9,10). The molecule has 0 radical (unpaired) electrons. The van der Waals surface area contributed by atoms with Gasteiger partial charge < -0.3 is 20.9 Å². The van der Waals surface area contributed by atoms with Gasteiger partial charge in [0.15, 0.2) is 0 Å². The second-order valence-corrected chi connectivity index (χ2v) is 3.42. The first-order valence-corrected chi connectivity index (χ1v) is 4.61. The van der Waals surface area contributed by atoms with Crippen LogP contribution in [0.5, 0.6) is 0 Å². The molecular formula is C8H17N3O2. The van der Waals surface area contributed by atoms with E-state index in [0.29, 0.717) is 5.92 Å². The molecule has 0 aromatic carbocycles. The van der Waals surface area contributed by atoms with Crippen molar-refractivity contribution in [1.82, 2.24) is 4.90 Å². The Balaban J connectivity index is 2.41. The van der Waals surface area contributed by atoms with Gasteiger partial charge in [-0.25, -0.2) is 0 Å². The zero-order valence-corrected chi connectivity index (χ0v) is 7.69. The van der Waals surface area contributed by atoms with Gasteiger partial charge in [0.1, 0.15) is 0 Å². The van der Waals surface area contributed by atoms with Crippen LogP contribution < -0.4 is 5.73 Å². The number of piperidine rings is 1. The molecule has 5 heteroatoms. The maximum atomic E-state index is 8.77. The topological polar surface area (TPSA) is 82.1 Å². The number of rotatable bonds is 2. The number of hydrogen-bond donors (Lipinski definition) is 3. The Morgan fingerprint density at radius 2 is 2.38 bits per heavy atom. The van der Waals surface area contributed by atoms with Crippen molar-refractivity contribution in [3.05, 3.63) is 0 Å². The average molecular weight is 187 g/mol. The van der Waals surface area contributed by atoms with Crippen LogP contribution in [-0.2, 0) is 0 Å². The van der Waals surface area contributed by atoms with Crippen molar-refractivity contribution in [2.45, 2.75) is 19.3 Å². The monoisotopic (exact) mass is 187 g/mol. The zero-order chi connectivity index (χ0) is 9.68. The Hall–Kier alpha value is -0.970. The molecule has 0 amide bonds. The van der Waals surface area contributed by atoms with Gasteiger partial charge in [-0.15, -0.1) is 0 Å². The van der Waals surface area contributed by atoms with Gasteiger partial charge in [0.05, 0.1) is 0 Å². The predicted octanol–water partition coefficient (Wildman–Crippen LogP) is -0.215. The molecule has 1 aliphatic rings. The Morgan fingerprint density at radius 1 is 1.62 bits per heavy atom. The maximum Gasteiger partial charge on any atom is 0.233 e. The van der Waals surface area contributed by atoms with Gasteiger partial charge in [-0.2, -0.15) is 0 Å². The second kappa shape index (κ2) is 4.91. The van der Waals surface area contributed by atoms with E-state index in [4.69, 9.17) is 16.0 Å². The largest absolute Gasteiger partial charge is 0.408 e. The van der Waals surface area contributed by atoms with Crippen LogP contribution in [0.3, 0.4) is 0 Å². The summed E-state index contributed by atoms with van der Waals surface area (Å²) in [5, 5.41) is 20.2. The highest BCUT2D eigenvalue weighted by atomic mass is 16.4. The molecule has 1 fully saturated rings. The summed E-state index contributed by atoms with van der Waals surface area (Å²) in [7, 11) is 0. The van der Waals surface area contributed by atoms with E-state index < -0.39 is 0 Å². The molecule has 1 saturated heterocycles. The molecule has 1 atom stereocenters. The SMILES string of the molecule is N/C(=N\O)N1CCCC(CCO)C1. The summed E-state index contributed by atoms with van der Waals surface area (Å²) in [5.41, 5.74) is 5.47. The molecule has 0 spiro atoms. The molecule has 13 heavy (non-hydrogen) atoms. The molecule has 5 nitrogen and oxygen atoms in total. The number of likely N-dealkylation sites (tertiary alicyclic amines) is 1. The zero-order valence-electron chi connectivity index (χ0n) is 7.69. The molecule has 0 aromatic heterocycles. The number of oxime groups is 1. The van der Waals surface area contributed by atoms with E-state index >= 15 is 0 Å². The minimum absolute atomic E-state index is 0.183. The van der Waals surface area contributed by atoms with Crippen LogP contribution in [-0.4, -0.2) is 40.9 Å². The average Bonchev–Trinajstić information content (AvgIpc) is 2.18. The van der Waals surface area contributed by atoms with Gasteiger partial charge in [0.25, 0.3) is 0 Å². The molecule has 0 saturated carbocycles. The first-order chi connectivity index (χ1) is 6.27. The summed E-state index contributed by atoms with van der Waals surface area (Å²) in [5.74, 6) is 0.654. The van der Waals surface area contributed by atoms with E-state index in [9.17, 15) is 0 Å². The quantitative estimate of drug-likeness (QED) is 0.242. The van der Waals surface area contributed by atoms with Crippen molar-refractivity contribution in [2.75, 3.05) is 19.7 Å². The highest BCUT2D eigenvalue weighted by Crippen LogP contribution is 2.18. The number of aliphatic hydroxyl groups excluding tert-OH is 1. The minimum Gasteiger partial charge on any atom is -0.408 e. The molecule has 1 rings (SSSR count). The third kappa shape index (κ3) is 2.77. The molecule has 76 valence electrons. The number of aliphatic hydroxyl groups is 1. The number of nitrogens with zero attached hydrogens (tertiary/aromatic N) is 2. The molecule has 4 N–H and O–H groups in total. The lowest BCUT2D eigenvalue weighted by atomic mass is 9.95. The Morgan fingerprint density at radius 3 is 3.00 bits per heavy atom. The fourth-order valence-corrected chi connectivity index (χ4v) is 1.75. The van der Waals surface area contributed by atoms with E-state index in [1.165, 1.54) is 0 Å². The van der Waals surface area contributed by atoms with Crippen LogP contribution in [0.4, 0.5) is 0 Å². The van der Waals surface area contributed by atoms with Gasteiger partial charge in [-0.3, -0.25) is 0 Å². The number of nitrogens with two attached hydrogens (primary N) is 1. The number of hydrogen-bond acceptors (Lipinski definition) is 3. The van der Waals surface area contributed by atoms with Crippen LogP contribution in [0.1, 0.15) is 19.3 Å². The first-order valence-electron chi connectivity index (χ1n) is 4.61. The van der Waals surface area contributed by atoms with E-state index in [1.54, 1.807) is 0 Å². The van der Waals surface area contributed by atoms with Crippen LogP contribution in [0.25, 0.3) is 0 Å². The van der Waals surface area contributed by atoms with Crippen LogP contribution in [0, 0.1) is 5.92 Å². The lowest BCUT2D eigenvalue weighted by Crippen LogP contribution is -2.44. The van der Waals surface area contributed by atoms with Crippen molar-refractivity contribution in [1.29, 1.82) is 0 Å². The van der Waals surface area contributed by atoms with Crippen molar-refractivity contribution >= 4 is 5.96 Å². The summed E-state index contributed by atoms with van der Waals surface area (Å²) >= 11 is 0. The van der Waals surface area contributed by atoms with Crippen LogP contribution in [0.2, 0.25) is 0 Å². The van der Waals surface area contributed by atoms with E-state index in [1.807, 2.05) is 4.90 Å². The molecular weight excluding hydrogens is 170 g/mol. The number of guanidine groups is 1. The van der Waals surface area contributed by atoms with Crippen molar-refractivity contribution in [2.24, 2.45) is 16.8 Å². The van der Waals surface area contributed by atoms with Crippen molar-refractivity contribution in [3.8, 4) is 0 Å². The second-order valence-electron chi connectivity index (χ2n) is 3.42. The van der Waals surface area contributed by atoms with Crippen molar-refractivity contribution in [3.63, 3.8) is 0 Å². The fourth-order valence-electron chi connectivity index (χ4n) is 1.75. The van der Waals surface area contributed by atoms with Crippen molar-refractivity contribution < 1.29 is 10.3 Å². The van der Waals surface area contributed by atoms with E-state index in [0.717, 1.165) is 32.4 Å². The predicted molar refractivity (Wildman–Crippen MR) is 49.4 cm³/mol. The summed E-state index contributed by atoms with van der Waals surface area (Å²) in [6, 6.07) is 0. The van der Waals surface area contributed by atoms with Crippen LogP contribution >= 0.6 is 0 Å². The Labute approximate surface area is 77.8 Å². The molecule has 1 aliphatic heterocycles. The summed E-state index contributed by atoms with van der Waals surface area (Å²) in [6.07, 6.45) is 2.96. The van der Waals surface area contributed by atoms with E-state index in [2.05, 4.69) is 5.16 Å². The maximum absolute atomic E-state index is 8.77. The highest BCUT2D eigenvalue weighted by molar-refractivity contribution is 5.77. The molecule has 0 aromatic rings. The van der Waals surface area contributed by atoms with E-state index in [-0.39, 0.29) is 12.6 Å². The first kappa shape index (κ1) is 10.1. The van der Waals surface area contributed by atoms with Crippen LogP contribution in [0.15, 0.2) is 5.16 Å². The lowest BCUT2D eigenvalue weighted by Gasteiger charge is -2.32. The van der Waals surface area contributed by atoms with Gasteiger partial charge in [0.2, 0.25) is 5.96 Å². The fraction of sp³-hybridized carbons (Fsp3) is 0.875. The highest BCUT2D eigenvalue weighted by Gasteiger charge is 2.20. The minimum atomic E-state index is 0.183. The summed E-state index contributed by atoms with van der Waals surface area (Å²) in [6.45, 7) is 1.85. The molecule has 1 heterocycles. The molecule has 1 unspecified atom stereocenters. The lowest BCUT2D eigenvalue weighted by molar-refractivity contribution is 0.192. The Kier molecular flexibility index (Phi) is 3.82. The molecule has 0 aliphatic carbocycles. The summed E-state index contributed by atoms with van der Waals surface area (Å²) < 4.78 is 0. The smallest absolute Gasteiger partial charge is 0.233 e.